The van der Waals surface area contributed by atoms with Crippen molar-refractivity contribution in [2.24, 2.45) is 11.8 Å². The third-order valence-electron chi connectivity index (χ3n) is 2.97. The number of urea groups is 1. The number of carbonyl (C=O) groups excluding carboxylic acids is 1. The van der Waals surface area contributed by atoms with Crippen LogP contribution in [0.5, 0.6) is 0 Å². The first-order valence-corrected chi connectivity index (χ1v) is 7.70. The van der Waals surface area contributed by atoms with Crippen LogP contribution in [0.4, 0.5) is 4.79 Å². The fourth-order valence-corrected chi connectivity index (χ4v) is 2.38. The Bertz CT molecular complexity index is 434. The van der Waals surface area contributed by atoms with Crippen molar-refractivity contribution in [3.05, 3.63) is 0 Å². The lowest BCUT2D eigenvalue weighted by Gasteiger charge is -2.16. The summed E-state index contributed by atoms with van der Waals surface area (Å²) in [5.74, 6) is -1.67. The Balaban J connectivity index is 2.43. The van der Waals surface area contributed by atoms with E-state index in [0.29, 0.717) is 6.54 Å². The molecule has 1 saturated heterocycles. The summed E-state index contributed by atoms with van der Waals surface area (Å²) in [5, 5.41) is 11.4. The zero-order valence-corrected chi connectivity index (χ0v) is 11.2. The van der Waals surface area contributed by atoms with E-state index < -0.39 is 27.8 Å². The zero-order valence-electron chi connectivity index (χ0n) is 10.4. The zero-order chi connectivity index (χ0) is 13.9. The van der Waals surface area contributed by atoms with E-state index in [2.05, 4.69) is 5.32 Å². The molecule has 2 N–H and O–H groups in total. The minimum atomic E-state index is -3.11. The van der Waals surface area contributed by atoms with Crippen LogP contribution >= 0.6 is 0 Å². The van der Waals surface area contributed by atoms with E-state index in [1.54, 1.807) is 6.92 Å². The maximum atomic E-state index is 11.7. The van der Waals surface area contributed by atoms with Crippen LogP contribution in [0, 0.1) is 11.8 Å². The van der Waals surface area contributed by atoms with Gasteiger partial charge in [0.2, 0.25) is 0 Å². The molecule has 0 radical (unpaired) electrons. The third-order valence-corrected chi connectivity index (χ3v) is 3.91. The minimum Gasteiger partial charge on any atom is -0.481 e. The van der Waals surface area contributed by atoms with Crippen LogP contribution in [-0.4, -0.2) is 62.1 Å². The Morgan fingerprint density at radius 1 is 1.39 bits per heavy atom. The van der Waals surface area contributed by atoms with Gasteiger partial charge in [0.1, 0.15) is 9.84 Å². The summed E-state index contributed by atoms with van der Waals surface area (Å²) in [4.78, 5) is 24.0. The predicted octanol–water partition coefficient (Wildman–Crippen LogP) is -0.607. The minimum absolute atomic E-state index is 0.0420. The first-order chi connectivity index (χ1) is 8.20. The Kier molecular flexibility index (Phi) is 4.55. The Morgan fingerprint density at radius 2 is 2.00 bits per heavy atom. The van der Waals surface area contributed by atoms with E-state index in [-0.39, 0.29) is 24.8 Å². The highest BCUT2D eigenvalue weighted by Gasteiger charge is 2.36. The van der Waals surface area contributed by atoms with Crippen LogP contribution in [0.3, 0.4) is 0 Å². The van der Waals surface area contributed by atoms with E-state index in [1.165, 1.54) is 4.90 Å². The van der Waals surface area contributed by atoms with Gasteiger partial charge in [-0.15, -0.1) is 0 Å². The van der Waals surface area contributed by atoms with Crippen molar-refractivity contribution >= 4 is 21.8 Å². The van der Waals surface area contributed by atoms with Crippen LogP contribution in [0.15, 0.2) is 0 Å². The van der Waals surface area contributed by atoms with Gasteiger partial charge in [-0.25, -0.2) is 13.2 Å². The van der Waals surface area contributed by atoms with Gasteiger partial charge in [0.25, 0.3) is 0 Å². The smallest absolute Gasteiger partial charge is 0.317 e. The summed E-state index contributed by atoms with van der Waals surface area (Å²) >= 11 is 0. The molecule has 2 unspecified atom stereocenters. The topological polar surface area (TPSA) is 104 Å². The molecule has 0 saturated carbocycles. The quantitative estimate of drug-likeness (QED) is 0.714. The highest BCUT2D eigenvalue weighted by molar-refractivity contribution is 7.90. The lowest BCUT2D eigenvalue weighted by Crippen LogP contribution is -2.40. The number of amides is 2. The van der Waals surface area contributed by atoms with Crippen LogP contribution in [0.2, 0.25) is 0 Å². The van der Waals surface area contributed by atoms with Gasteiger partial charge < -0.3 is 15.3 Å². The molecule has 0 aliphatic carbocycles. The molecule has 7 nitrogen and oxygen atoms in total. The number of nitrogens with one attached hydrogen (secondary N) is 1. The van der Waals surface area contributed by atoms with Crippen molar-refractivity contribution in [2.75, 3.05) is 31.6 Å². The van der Waals surface area contributed by atoms with Crippen LogP contribution in [-0.2, 0) is 14.6 Å². The first-order valence-electron chi connectivity index (χ1n) is 5.64. The Hall–Kier alpha value is -1.31. The number of hydrogen-bond acceptors (Lipinski definition) is 4. The normalized spacial score (nSPS) is 24.0. The molecule has 0 aromatic carbocycles. The summed E-state index contributed by atoms with van der Waals surface area (Å²) in [6.07, 6.45) is 1.09. The number of carbonyl (C=O) groups is 2. The number of carboxylic acids is 1. The molecule has 2 amide bonds. The molecule has 104 valence electrons. The van der Waals surface area contributed by atoms with Crippen molar-refractivity contribution in [3.8, 4) is 0 Å². The number of aliphatic carboxylic acids is 1. The average molecular weight is 278 g/mol. The van der Waals surface area contributed by atoms with E-state index in [0.717, 1.165) is 6.26 Å². The van der Waals surface area contributed by atoms with Crippen molar-refractivity contribution in [1.29, 1.82) is 0 Å². The van der Waals surface area contributed by atoms with Crippen LogP contribution in [0.25, 0.3) is 0 Å². The molecule has 1 aliphatic heterocycles. The molecule has 18 heavy (non-hydrogen) atoms. The highest BCUT2D eigenvalue weighted by Crippen LogP contribution is 2.22. The summed E-state index contributed by atoms with van der Waals surface area (Å²) < 4.78 is 21.8. The average Bonchev–Trinajstić information content (AvgIpc) is 2.58. The summed E-state index contributed by atoms with van der Waals surface area (Å²) in [7, 11) is -3.11. The largest absolute Gasteiger partial charge is 0.481 e. The molecule has 1 rings (SSSR count). The maximum Gasteiger partial charge on any atom is 0.317 e. The lowest BCUT2D eigenvalue weighted by atomic mass is 9.99. The number of carboxylic acid groups (broad SMARTS) is 1. The second kappa shape index (κ2) is 5.55. The molecule has 0 aromatic rings. The molecule has 2 atom stereocenters. The van der Waals surface area contributed by atoms with E-state index in [4.69, 9.17) is 5.11 Å². The fourth-order valence-electron chi connectivity index (χ4n) is 1.91. The number of rotatable bonds is 4. The third kappa shape index (κ3) is 4.17. The van der Waals surface area contributed by atoms with Crippen molar-refractivity contribution in [3.63, 3.8) is 0 Å². The van der Waals surface area contributed by atoms with Gasteiger partial charge in [0.05, 0.1) is 11.7 Å². The number of sulfone groups is 1. The molecule has 0 spiro atoms. The molecule has 1 aliphatic rings. The monoisotopic (exact) mass is 278 g/mol. The second-order valence-electron chi connectivity index (χ2n) is 4.69. The van der Waals surface area contributed by atoms with E-state index in [1.807, 2.05) is 0 Å². The Labute approximate surface area is 106 Å². The van der Waals surface area contributed by atoms with Crippen molar-refractivity contribution < 1.29 is 23.1 Å². The van der Waals surface area contributed by atoms with Gasteiger partial charge in [-0.1, -0.05) is 6.92 Å². The fraction of sp³-hybridized carbons (Fsp3) is 0.800. The maximum absolute atomic E-state index is 11.7. The van der Waals surface area contributed by atoms with Crippen LogP contribution < -0.4 is 5.32 Å². The first kappa shape index (κ1) is 14.7. The predicted molar refractivity (Wildman–Crippen MR) is 65.0 cm³/mol. The SMILES string of the molecule is CC1CN(C(=O)NCCS(C)(=O)=O)CC1C(=O)O. The van der Waals surface area contributed by atoms with Gasteiger partial charge in [-0.3, -0.25) is 4.79 Å². The highest BCUT2D eigenvalue weighted by atomic mass is 32.2. The van der Waals surface area contributed by atoms with E-state index in [9.17, 15) is 18.0 Å². The summed E-state index contributed by atoms with van der Waals surface area (Å²) in [6.45, 7) is 2.37. The molecule has 0 aromatic heterocycles. The Morgan fingerprint density at radius 3 is 2.44 bits per heavy atom. The summed E-state index contributed by atoms with van der Waals surface area (Å²) in [5.41, 5.74) is 0. The number of nitrogens with zero attached hydrogens (tertiary/aromatic N) is 1. The van der Waals surface area contributed by atoms with Gasteiger partial charge in [0, 0.05) is 25.9 Å². The molecular weight excluding hydrogens is 260 g/mol. The van der Waals surface area contributed by atoms with Gasteiger partial charge >= 0.3 is 12.0 Å². The number of likely N-dealkylation sites (tertiary alicyclic amines) is 1. The molecular formula is C10H18N2O5S. The van der Waals surface area contributed by atoms with Crippen LogP contribution in [0.1, 0.15) is 6.92 Å². The summed E-state index contributed by atoms with van der Waals surface area (Å²) in [6, 6.07) is -0.408. The standard InChI is InChI=1S/C10H18N2O5S/c1-7-5-12(6-8(7)9(13)14)10(15)11-3-4-18(2,16)17/h7-8H,3-6H2,1-2H3,(H,11,15)(H,13,14). The van der Waals surface area contributed by atoms with E-state index >= 15 is 0 Å². The molecule has 1 fully saturated rings. The van der Waals surface area contributed by atoms with Gasteiger partial charge in [-0.2, -0.15) is 0 Å². The second-order valence-corrected chi connectivity index (χ2v) is 6.95. The molecule has 0 bridgehead atoms. The molecule has 8 heteroatoms. The molecule has 1 heterocycles. The van der Waals surface area contributed by atoms with Crippen molar-refractivity contribution in [2.45, 2.75) is 6.92 Å². The van der Waals surface area contributed by atoms with Gasteiger partial charge in [-0.05, 0) is 5.92 Å². The van der Waals surface area contributed by atoms with Gasteiger partial charge in [0.15, 0.2) is 0 Å². The van der Waals surface area contributed by atoms with Crippen molar-refractivity contribution in [1.82, 2.24) is 10.2 Å². The lowest BCUT2D eigenvalue weighted by molar-refractivity contribution is -0.142. The number of hydrogen-bond donors (Lipinski definition) is 2.